The Balaban J connectivity index is 1.39. The topological polar surface area (TPSA) is 39.7 Å². The van der Waals surface area contributed by atoms with E-state index in [1.54, 1.807) is 7.05 Å². The molecule has 150 valence electrons. The van der Waals surface area contributed by atoms with Crippen molar-refractivity contribution in [3.05, 3.63) is 35.4 Å². The van der Waals surface area contributed by atoms with E-state index in [0.29, 0.717) is 24.6 Å². The number of piperidine rings is 1. The van der Waals surface area contributed by atoms with Gasteiger partial charge in [-0.05, 0) is 55.9 Å². The molecule has 0 spiro atoms. The van der Waals surface area contributed by atoms with Crippen LogP contribution in [0.4, 0.5) is 8.78 Å². The van der Waals surface area contributed by atoms with Gasteiger partial charge in [0.2, 0.25) is 0 Å². The minimum Gasteiger partial charge on any atom is -0.356 e. The maximum atomic E-state index is 13.7. The Hall–Kier alpha value is -1.69. The van der Waals surface area contributed by atoms with Gasteiger partial charge in [-0.15, -0.1) is 0 Å². The highest BCUT2D eigenvalue weighted by molar-refractivity contribution is 5.79. The zero-order valence-electron chi connectivity index (χ0n) is 16.3. The van der Waals surface area contributed by atoms with Crippen molar-refractivity contribution in [2.24, 2.45) is 4.99 Å². The molecule has 6 heteroatoms. The standard InChI is InChI=1S/C21H32F2N4/c1-24-21(25-12-9-16-15-17(22)7-8-20(16)23)26-18-10-13-27(14-11-18)19-5-3-2-4-6-19/h7-8,15,18-19H,2-6,9-14H2,1H3,(H2,24,25,26). The Labute approximate surface area is 161 Å². The summed E-state index contributed by atoms with van der Waals surface area (Å²) < 4.78 is 26.9. The van der Waals surface area contributed by atoms with Crippen LogP contribution in [0.2, 0.25) is 0 Å². The molecule has 1 saturated heterocycles. The molecule has 2 aliphatic rings. The first-order valence-electron chi connectivity index (χ1n) is 10.3. The molecule has 0 atom stereocenters. The van der Waals surface area contributed by atoms with Crippen LogP contribution in [-0.2, 0) is 6.42 Å². The monoisotopic (exact) mass is 378 g/mol. The van der Waals surface area contributed by atoms with Crippen LogP contribution in [0.5, 0.6) is 0 Å². The number of nitrogens with zero attached hydrogens (tertiary/aromatic N) is 2. The Bertz CT molecular complexity index is 621. The highest BCUT2D eigenvalue weighted by Crippen LogP contribution is 2.25. The third kappa shape index (κ3) is 5.89. The van der Waals surface area contributed by atoms with Crippen LogP contribution in [0.3, 0.4) is 0 Å². The summed E-state index contributed by atoms with van der Waals surface area (Å²) in [6.07, 6.45) is 9.54. The Morgan fingerprint density at radius 3 is 2.56 bits per heavy atom. The van der Waals surface area contributed by atoms with Crippen molar-refractivity contribution in [2.45, 2.75) is 63.5 Å². The summed E-state index contributed by atoms with van der Waals surface area (Å²) in [5.41, 5.74) is 0.388. The van der Waals surface area contributed by atoms with Crippen LogP contribution in [0, 0.1) is 11.6 Å². The normalized spacial score (nSPS) is 20.6. The van der Waals surface area contributed by atoms with Crippen molar-refractivity contribution < 1.29 is 8.78 Å². The molecule has 4 nitrogen and oxygen atoms in total. The lowest BCUT2D eigenvalue weighted by Gasteiger charge is -2.39. The maximum absolute atomic E-state index is 13.7. The molecule has 2 fully saturated rings. The quantitative estimate of drug-likeness (QED) is 0.609. The van der Waals surface area contributed by atoms with Crippen LogP contribution >= 0.6 is 0 Å². The zero-order valence-corrected chi connectivity index (χ0v) is 16.3. The van der Waals surface area contributed by atoms with E-state index in [4.69, 9.17) is 0 Å². The van der Waals surface area contributed by atoms with Gasteiger partial charge in [-0.1, -0.05) is 19.3 Å². The van der Waals surface area contributed by atoms with Crippen molar-refractivity contribution in [2.75, 3.05) is 26.7 Å². The average molecular weight is 379 g/mol. The number of nitrogens with one attached hydrogen (secondary N) is 2. The lowest BCUT2D eigenvalue weighted by Crippen LogP contribution is -2.51. The smallest absolute Gasteiger partial charge is 0.191 e. The second kappa shape index (κ2) is 10.0. The van der Waals surface area contributed by atoms with Crippen molar-refractivity contribution in [3.8, 4) is 0 Å². The number of halogens is 2. The van der Waals surface area contributed by atoms with Crippen LogP contribution in [0.1, 0.15) is 50.5 Å². The molecule has 1 aliphatic carbocycles. The van der Waals surface area contributed by atoms with Gasteiger partial charge in [-0.25, -0.2) is 8.78 Å². The molecule has 1 heterocycles. The van der Waals surface area contributed by atoms with Gasteiger partial charge in [0.1, 0.15) is 11.6 Å². The van der Waals surface area contributed by atoms with Gasteiger partial charge in [0.25, 0.3) is 0 Å². The van der Waals surface area contributed by atoms with E-state index in [9.17, 15) is 8.78 Å². The molecule has 0 radical (unpaired) electrons. The fraction of sp³-hybridized carbons (Fsp3) is 0.667. The van der Waals surface area contributed by atoms with Crippen molar-refractivity contribution in [3.63, 3.8) is 0 Å². The molecule has 0 aromatic heterocycles. The lowest BCUT2D eigenvalue weighted by atomic mass is 9.92. The number of aliphatic imine (C=N–C) groups is 1. The first-order chi connectivity index (χ1) is 13.2. The van der Waals surface area contributed by atoms with Crippen molar-refractivity contribution in [1.82, 2.24) is 15.5 Å². The van der Waals surface area contributed by atoms with E-state index in [1.165, 1.54) is 44.2 Å². The summed E-state index contributed by atoms with van der Waals surface area (Å²) >= 11 is 0. The number of benzene rings is 1. The molecule has 1 aromatic carbocycles. The SMILES string of the molecule is CN=C(NCCc1cc(F)ccc1F)NC1CCN(C2CCCCC2)CC1. The summed E-state index contributed by atoms with van der Waals surface area (Å²) in [5.74, 6) is -0.0298. The highest BCUT2D eigenvalue weighted by Gasteiger charge is 2.26. The van der Waals surface area contributed by atoms with Crippen LogP contribution in [-0.4, -0.2) is 49.6 Å². The molecular formula is C21H32F2N4. The Morgan fingerprint density at radius 1 is 1.11 bits per heavy atom. The van der Waals surface area contributed by atoms with Gasteiger partial charge < -0.3 is 15.5 Å². The molecule has 1 saturated carbocycles. The van der Waals surface area contributed by atoms with Crippen LogP contribution in [0.25, 0.3) is 0 Å². The Kier molecular flexibility index (Phi) is 7.44. The van der Waals surface area contributed by atoms with E-state index in [1.807, 2.05) is 0 Å². The fourth-order valence-corrected chi connectivity index (χ4v) is 4.29. The minimum absolute atomic E-state index is 0.365. The molecule has 3 rings (SSSR count). The van der Waals surface area contributed by atoms with Gasteiger partial charge in [-0.2, -0.15) is 0 Å². The van der Waals surface area contributed by atoms with E-state index >= 15 is 0 Å². The van der Waals surface area contributed by atoms with Crippen LogP contribution in [0.15, 0.2) is 23.2 Å². The van der Waals surface area contributed by atoms with Crippen LogP contribution < -0.4 is 10.6 Å². The molecule has 27 heavy (non-hydrogen) atoms. The number of rotatable bonds is 5. The predicted molar refractivity (Wildman–Crippen MR) is 106 cm³/mol. The molecule has 0 unspecified atom stereocenters. The van der Waals surface area contributed by atoms with Gasteiger partial charge >= 0.3 is 0 Å². The van der Waals surface area contributed by atoms with E-state index in [-0.39, 0.29) is 5.82 Å². The summed E-state index contributed by atoms with van der Waals surface area (Å²) in [6, 6.07) is 4.79. The lowest BCUT2D eigenvalue weighted by molar-refractivity contribution is 0.119. The van der Waals surface area contributed by atoms with Crippen molar-refractivity contribution >= 4 is 5.96 Å². The van der Waals surface area contributed by atoms with E-state index < -0.39 is 5.82 Å². The molecule has 0 bridgehead atoms. The summed E-state index contributed by atoms with van der Waals surface area (Å²) in [7, 11) is 1.75. The van der Waals surface area contributed by atoms with Gasteiger partial charge in [0, 0.05) is 38.8 Å². The fourth-order valence-electron chi connectivity index (χ4n) is 4.29. The maximum Gasteiger partial charge on any atom is 0.191 e. The number of guanidine groups is 1. The molecule has 1 aliphatic heterocycles. The summed E-state index contributed by atoms with van der Waals surface area (Å²) in [4.78, 5) is 6.94. The van der Waals surface area contributed by atoms with Gasteiger partial charge in [0.15, 0.2) is 5.96 Å². The number of hydrogen-bond acceptors (Lipinski definition) is 2. The first-order valence-corrected chi connectivity index (χ1v) is 10.3. The third-order valence-electron chi connectivity index (χ3n) is 5.88. The molecule has 1 aromatic rings. The second-order valence-corrected chi connectivity index (χ2v) is 7.73. The van der Waals surface area contributed by atoms with E-state index in [0.717, 1.165) is 44.0 Å². The highest BCUT2D eigenvalue weighted by atomic mass is 19.1. The Morgan fingerprint density at radius 2 is 1.85 bits per heavy atom. The van der Waals surface area contributed by atoms with Crippen molar-refractivity contribution in [1.29, 1.82) is 0 Å². The predicted octanol–water partition coefficient (Wildman–Crippen LogP) is 3.47. The average Bonchev–Trinajstić information content (AvgIpc) is 2.71. The molecular weight excluding hydrogens is 346 g/mol. The van der Waals surface area contributed by atoms with Gasteiger partial charge in [0.05, 0.1) is 0 Å². The molecule has 2 N–H and O–H groups in total. The summed E-state index contributed by atoms with van der Waals surface area (Å²) in [5, 5.41) is 6.71. The third-order valence-corrected chi connectivity index (χ3v) is 5.88. The zero-order chi connectivity index (χ0) is 19.1. The summed E-state index contributed by atoms with van der Waals surface area (Å²) in [6.45, 7) is 2.81. The largest absolute Gasteiger partial charge is 0.356 e. The van der Waals surface area contributed by atoms with Gasteiger partial charge in [-0.3, -0.25) is 4.99 Å². The molecule has 0 amide bonds. The minimum atomic E-state index is -0.404. The van der Waals surface area contributed by atoms with E-state index in [2.05, 4.69) is 20.5 Å². The number of hydrogen-bond donors (Lipinski definition) is 2. The second-order valence-electron chi connectivity index (χ2n) is 7.73. The first kappa shape index (κ1) is 20.1. The number of likely N-dealkylation sites (tertiary alicyclic amines) is 1.